The summed E-state index contributed by atoms with van der Waals surface area (Å²) in [5.41, 5.74) is 1.55. The first-order valence-corrected chi connectivity index (χ1v) is 8.07. The Balaban J connectivity index is 1.60. The molecular weight excluding hydrogens is 304 g/mol. The minimum atomic E-state index is -0.398. The number of aliphatic hydroxyl groups excluding tert-OH is 1. The molecule has 126 valence electrons. The molecule has 2 atom stereocenters. The minimum absolute atomic E-state index is 0.0606. The molecule has 1 aliphatic heterocycles. The molecule has 3 N–H and O–H groups in total. The lowest BCUT2D eigenvalue weighted by Gasteiger charge is -2.18. The van der Waals surface area contributed by atoms with Gasteiger partial charge in [0, 0.05) is 44.5 Å². The van der Waals surface area contributed by atoms with Crippen LogP contribution in [-0.2, 0) is 0 Å². The molecule has 0 radical (unpaired) electrons. The van der Waals surface area contributed by atoms with Gasteiger partial charge in [-0.1, -0.05) is 18.2 Å². The molecule has 1 aromatic heterocycles. The van der Waals surface area contributed by atoms with Gasteiger partial charge in [-0.05, 0) is 24.3 Å². The van der Waals surface area contributed by atoms with E-state index < -0.39 is 6.10 Å². The van der Waals surface area contributed by atoms with Crippen LogP contribution < -0.4 is 15.5 Å². The maximum absolute atomic E-state index is 12.2. The number of β-amino-alcohol motifs (C(OH)–C–C–N with tert-alkyl or cyclic N) is 1. The number of carbonyl (C=O) groups is 1. The third-order valence-corrected chi connectivity index (χ3v) is 4.33. The van der Waals surface area contributed by atoms with E-state index in [1.807, 2.05) is 48.3 Å². The summed E-state index contributed by atoms with van der Waals surface area (Å²) in [5, 5.41) is 15.7. The van der Waals surface area contributed by atoms with Crippen molar-refractivity contribution >= 4 is 17.4 Å². The Morgan fingerprint density at radius 2 is 2.08 bits per heavy atom. The Morgan fingerprint density at radius 1 is 1.29 bits per heavy atom. The summed E-state index contributed by atoms with van der Waals surface area (Å²) in [5.74, 6) is 0.661. The minimum Gasteiger partial charge on any atom is -0.391 e. The Morgan fingerprint density at radius 3 is 2.71 bits per heavy atom. The molecule has 6 heteroatoms. The second kappa shape index (κ2) is 7.42. The number of nitrogens with one attached hydrogen (secondary N) is 2. The van der Waals surface area contributed by atoms with Crippen molar-refractivity contribution in [1.82, 2.24) is 15.6 Å². The fourth-order valence-corrected chi connectivity index (χ4v) is 2.76. The number of amides is 1. The zero-order chi connectivity index (χ0) is 16.9. The lowest BCUT2D eigenvalue weighted by Crippen LogP contribution is -2.34. The van der Waals surface area contributed by atoms with Crippen molar-refractivity contribution < 1.29 is 9.90 Å². The van der Waals surface area contributed by atoms with Crippen LogP contribution >= 0.6 is 0 Å². The smallest absolute Gasteiger partial charge is 0.252 e. The lowest BCUT2D eigenvalue weighted by molar-refractivity contribution is 0.0926. The van der Waals surface area contributed by atoms with Crippen LogP contribution in [0.5, 0.6) is 0 Å². The number of benzene rings is 1. The van der Waals surface area contributed by atoms with E-state index in [4.69, 9.17) is 0 Å². The molecule has 1 fully saturated rings. The highest BCUT2D eigenvalue weighted by Crippen LogP contribution is 2.20. The Labute approximate surface area is 141 Å². The molecular formula is C18H22N4O2. The van der Waals surface area contributed by atoms with Gasteiger partial charge >= 0.3 is 0 Å². The molecule has 1 saturated heterocycles. The van der Waals surface area contributed by atoms with Gasteiger partial charge in [0.1, 0.15) is 5.82 Å². The summed E-state index contributed by atoms with van der Waals surface area (Å²) < 4.78 is 0. The molecule has 2 heterocycles. The van der Waals surface area contributed by atoms with E-state index in [-0.39, 0.29) is 11.8 Å². The number of anilines is 2. The van der Waals surface area contributed by atoms with Crippen molar-refractivity contribution in [2.45, 2.75) is 6.10 Å². The largest absolute Gasteiger partial charge is 0.391 e. The number of nitrogens with zero attached hydrogens (tertiary/aromatic N) is 2. The van der Waals surface area contributed by atoms with Crippen LogP contribution in [0.25, 0.3) is 0 Å². The van der Waals surface area contributed by atoms with E-state index in [0.29, 0.717) is 18.7 Å². The molecule has 0 bridgehead atoms. The SMILES string of the molecule is CN(c1ccccc1)c1ccc(C(=O)NCC2CNCC2O)cn1. The number of hydrogen-bond acceptors (Lipinski definition) is 5. The summed E-state index contributed by atoms with van der Waals surface area (Å²) in [7, 11) is 1.94. The normalized spacial score (nSPS) is 19.9. The van der Waals surface area contributed by atoms with Gasteiger partial charge in [-0.25, -0.2) is 4.98 Å². The topological polar surface area (TPSA) is 77.5 Å². The molecule has 0 saturated carbocycles. The number of carbonyl (C=O) groups excluding carboxylic acids is 1. The molecule has 24 heavy (non-hydrogen) atoms. The van der Waals surface area contributed by atoms with Crippen molar-refractivity contribution in [3.8, 4) is 0 Å². The van der Waals surface area contributed by atoms with Crippen molar-refractivity contribution in [1.29, 1.82) is 0 Å². The van der Waals surface area contributed by atoms with Crippen LogP contribution in [0.1, 0.15) is 10.4 Å². The van der Waals surface area contributed by atoms with Crippen molar-refractivity contribution in [3.05, 3.63) is 54.2 Å². The van der Waals surface area contributed by atoms with Crippen molar-refractivity contribution in [3.63, 3.8) is 0 Å². The molecule has 0 aliphatic carbocycles. The summed E-state index contributed by atoms with van der Waals surface area (Å²) in [6.07, 6.45) is 1.18. The fourth-order valence-electron chi connectivity index (χ4n) is 2.76. The van der Waals surface area contributed by atoms with Crippen LogP contribution in [-0.4, -0.2) is 48.8 Å². The summed E-state index contributed by atoms with van der Waals surface area (Å²) in [4.78, 5) is 18.5. The van der Waals surface area contributed by atoms with Crippen LogP contribution in [0.4, 0.5) is 11.5 Å². The van der Waals surface area contributed by atoms with Gasteiger partial charge in [0.05, 0.1) is 11.7 Å². The van der Waals surface area contributed by atoms with Gasteiger partial charge in [-0.15, -0.1) is 0 Å². The highest BCUT2D eigenvalue weighted by Gasteiger charge is 2.25. The zero-order valence-electron chi connectivity index (χ0n) is 13.6. The first-order chi connectivity index (χ1) is 11.6. The third kappa shape index (κ3) is 3.72. The molecule has 1 aromatic carbocycles. The first-order valence-electron chi connectivity index (χ1n) is 8.07. The van der Waals surface area contributed by atoms with Gasteiger partial charge in [-0.3, -0.25) is 4.79 Å². The average molecular weight is 326 g/mol. The van der Waals surface area contributed by atoms with Crippen molar-refractivity contribution in [2.24, 2.45) is 5.92 Å². The standard InChI is InChI=1S/C18H22N4O2/c1-22(15-5-3-2-4-6-15)17-8-7-13(10-20-17)18(24)21-11-14-9-19-12-16(14)23/h2-8,10,14,16,19,23H,9,11-12H2,1H3,(H,21,24). The maximum atomic E-state index is 12.2. The predicted molar refractivity (Wildman–Crippen MR) is 93.4 cm³/mol. The zero-order valence-corrected chi connectivity index (χ0v) is 13.6. The number of rotatable bonds is 5. The fraction of sp³-hybridized carbons (Fsp3) is 0.333. The van der Waals surface area contributed by atoms with E-state index in [1.54, 1.807) is 12.3 Å². The highest BCUT2D eigenvalue weighted by molar-refractivity contribution is 5.94. The number of para-hydroxylation sites is 1. The molecule has 2 aromatic rings. The maximum Gasteiger partial charge on any atom is 0.252 e. The molecule has 3 rings (SSSR count). The summed E-state index contributed by atoms with van der Waals surface area (Å²) >= 11 is 0. The number of pyridine rings is 1. The van der Waals surface area contributed by atoms with E-state index in [9.17, 15) is 9.90 Å². The van der Waals surface area contributed by atoms with Crippen LogP contribution in [0.3, 0.4) is 0 Å². The van der Waals surface area contributed by atoms with Gasteiger partial charge in [0.25, 0.3) is 5.91 Å². The quantitative estimate of drug-likeness (QED) is 0.769. The van der Waals surface area contributed by atoms with Crippen LogP contribution in [0.15, 0.2) is 48.7 Å². The molecule has 2 unspecified atom stereocenters. The second-order valence-electron chi connectivity index (χ2n) is 6.00. The molecule has 0 spiro atoms. The average Bonchev–Trinajstić information content (AvgIpc) is 3.05. The van der Waals surface area contributed by atoms with Crippen LogP contribution in [0, 0.1) is 5.92 Å². The van der Waals surface area contributed by atoms with Gasteiger partial charge < -0.3 is 20.6 Å². The second-order valence-corrected chi connectivity index (χ2v) is 6.00. The molecule has 1 amide bonds. The molecule has 1 aliphatic rings. The van der Waals surface area contributed by atoms with E-state index in [0.717, 1.165) is 18.1 Å². The number of hydrogen-bond donors (Lipinski definition) is 3. The van der Waals surface area contributed by atoms with E-state index in [1.165, 1.54) is 0 Å². The summed E-state index contributed by atoms with van der Waals surface area (Å²) in [6, 6.07) is 13.5. The number of aliphatic hydroxyl groups is 1. The monoisotopic (exact) mass is 326 g/mol. The van der Waals surface area contributed by atoms with E-state index in [2.05, 4.69) is 15.6 Å². The van der Waals surface area contributed by atoms with Crippen molar-refractivity contribution in [2.75, 3.05) is 31.6 Å². The number of aromatic nitrogens is 1. The molecule has 6 nitrogen and oxygen atoms in total. The lowest BCUT2D eigenvalue weighted by atomic mass is 10.1. The van der Waals surface area contributed by atoms with Gasteiger partial charge in [-0.2, -0.15) is 0 Å². The third-order valence-electron chi connectivity index (χ3n) is 4.33. The Hall–Kier alpha value is -2.44. The highest BCUT2D eigenvalue weighted by atomic mass is 16.3. The van der Waals surface area contributed by atoms with Gasteiger partial charge in [0.2, 0.25) is 0 Å². The van der Waals surface area contributed by atoms with Gasteiger partial charge in [0.15, 0.2) is 0 Å². The predicted octanol–water partition coefficient (Wildman–Crippen LogP) is 1.16. The Kier molecular flexibility index (Phi) is 5.08. The van der Waals surface area contributed by atoms with Crippen LogP contribution in [0.2, 0.25) is 0 Å². The first kappa shape index (κ1) is 16.4. The van der Waals surface area contributed by atoms with E-state index >= 15 is 0 Å². The Bertz CT molecular complexity index is 675. The summed E-state index contributed by atoms with van der Waals surface area (Å²) in [6.45, 7) is 1.77.